The predicted octanol–water partition coefficient (Wildman–Crippen LogP) is 0.864. The number of benzene rings is 1. The average Bonchev–Trinajstić information content (AvgIpc) is 3.13. The Morgan fingerprint density at radius 1 is 1.39 bits per heavy atom. The van der Waals surface area contributed by atoms with Crippen molar-refractivity contribution in [2.75, 3.05) is 5.32 Å². The summed E-state index contributed by atoms with van der Waals surface area (Å²) in [5, 5.41) is 5.56. The van der Waals surface area contributed by atoms with E-state index >= 15 is 0 Å². The zero-order valence-corrected chi connectivity index (χ0v) is 10.3. The van der Waals surface area contributed by atoms with Crippen molar-refractivity contribution in [3.63, 3.8) is 0 Å². The highest BCUT2D eigenvalue weighted by atomic mass is 16.2. The molecule has 0 heterocycles. The van der Waals surface area contributed by atoms with E-state index in [0.29, 0.717) is 17.3 Å². The van der Waals surface area contributed by atoms with Crippen LogP contribution in [0.5, 0.6) is 0 Å². The molecule has 96 valence electrons. The lowest BCUT2D eigenvalue weighted by Crippen LogP contribution is -2.32. The molecule has 1 aromatic rings. The van der Waals surface area contributed by atoms with Gasteiger partial charge in [0, 0.05) is 17.3 Å². The van der Waals surface area contributed by atoms with Gasteiger partial charge in [0.25, 0.3) is 5.91 Å². The van der Waals surface area contributed by atoms with E-state index in [2.05, 4.69) is 10.6 Å². The molecular weight excluding hydrogens is 230 g/mol. The maximum absolute atomic E-state index is 11.8. The Kier molecular flexibility index (Phi) is 3.62. The van der Waals surface area contributed by atoms with E-state index in [4.69, 9.17) is 5.73 Å². The molecule has 1 fully saturated rings. The van der Waals surface area contributed by atoms with Gasteiger partial charge in [0.05, 0.1) is 6.04 Å². The van der Waals surface area contributed by atoms with Crippen LogP contribution >= 0.6 is 0 Å². The first kappa shape index (κ1) is 12.6. The number of hydrogen-bond donors (Lipinski definition) is 3. The van der Waals surface area contributed by atoms with Gasteiger partial charge in [-0.1, -0.05) is 6.07 Å². The van der Waals surface area contributed by atoms with Crippen molar-refractivity contribution in [2.45, 2.75) is 31.8 Å². The number of amides is 2. The summed E-state index contributed by atoms with van der Waals surface area (Å²) in [6, 6.07) is 6.58. The zero-order chi connectivity index (χ0) is 13.1. The van der Waals surface area contributed by atoms with Crippen LogP contribution in [0, 0.1) is 0 Å². The van der Waals surface area contributed by atoms with Gasteiger partial charge in [-0.2, -0.15) is 0 Å². The van der Waals surface area contributed by atoms with Gasteiger partial charge in [0.15, 0.2) is 0 Å². The molecule has 0 unspecified atom stereocenters. The molecule has 0 aromatic heterocycles. The number of anilines is 1. The Hall–Kier alpha value is -1.88. The van der Waals surface area contributed by atoms with E-state index in [9.17, 15) is 9.59 Å². The molecule has 2 amide bonds. The maximum atomic E-state index is 11.8. The molecule has 0 aliphatic heterocycles. The summed E-state index contributed by atoms with van der Waals surface area (Å²) in [6.07, 6.45) is 2.10. The number of rotatable bonds is 4. The van der Waals surface area contributed by atoms with E-state index in [-0.39, 0.29) is 11.8 Å². The quantitative estimate of drug-likeness (QED) is 0.738. The molecule has 4 N–H and O–H groups in total. The molecule has 0 bridgehead atoms. The monoisotopic (exact) mass is 247 g/mol. The predicted molar refractivity (Wildman–Crippen MR) is 69.2 cm³/mol. The first-order chi connectivity index (χ1) is 8.56. The first-order valence-corrected chi connectivity index (χ1v) is 6.03. The van der Waals surface area contributed by atoms with E-state index < -0.39 is 6.04 Å². The lowest BCUT2D eigenvalue weighted by molar-refractivity contribution is -0.117. The molecular formula is C13H17N3O2. The Morgan fingerprint density at radius 2 is 2.11 bits per heavy atom. The van der Waals surface area contributed by atoms with Gasteiger partial charge in [0.2, 0.25) is 5.91 Å². The van der Waals surface area contributed by atoms with E-state index in [1.165, 1.54) is 0 Å². The first-order valence-electron chi connectivity index (χ1n) is 6.03. The molecule has 5 heteroatoms. The van der Waals surface area contributed by atoms with Crippen LogP contribution in [0.1, 0.15) is 30.1 Å². The molecule has 2 rings (SSSR count). The number of carbonyl (C=O) groups excluding carboxylic acids is 2. The van der Waals surface area contributed by atoms with Crippen molar-refractivity contribution in [1.29, 1.82) is 0 Å². The molecule has 0 radical (unpaired) electrons. The van der Waals surface area contributed by atoms with Crippen LogP contribution in [0.4, 0.5) is 5.69 Å². The summed E-state index contributed by atoms with van der Waals surface area (Å²) in [7, 11) is 0. The van der Waals surface area contributed by atoms with Crippen LogP contribution in [-0.4, -0.2) is 23.9 Å². The van der Waals surface area contributed by atoms with Gasteiger partial charge >= 0.3 is 0 Å². The van der Waals surface area contributed by atoms with E-state index in [1.54, 1.807) is 31.2 Å². The van der Waals surface area contributed by atoms with Crippen LogP contribution in [0.25, 0.3) is 0 Å². The molecule has 1 atom stereocenters. The standard InChI is InChI=1S/C13H17N3O2/c1-8(14)12(17)16-11-4-2-3-9(7-11)13(18)15-10-5-6-10/h2-4,7-8,10H,5-6,14H2,1H3,(H,15,18)(H,16,17)/t8-/m0/s1. The normalized spacial score (nSPS) is 15.9. The van der Waals surface area contributed by atoms with Crippen molar-refractivity contribution in [1.82, 2.24) is 5.32 Å². The number of nitrogens with two attached hydrogens (primary N) is 1. The molecule has 1 saturated carbocycles. The molecule has 0 saturated heterocycles. The van der Waals surface area contributed by atoms with Crippen molar-refractivity contribution >= 4 is 17.5 Å². The highest BCUT2D eigenvalue weighted by molar-refractivity contribution is 5.98. The van der Waals surface area contributed by atoms with Gasteiger partial charge in [0.1, 0.15) is 0 Å². The van der Waals surface area contributed by atoms with Gasteiger partial charge < -0.3 is 16.4 Å². The lowest BCUT2D eigenvalue weighted by Gasteiger charge is -2.09. The third-order valence-corrected chi connectivity index (χ3v) is 2.72. The van der Waals surface area contributed by atoms with Crippen molar-refractivity contribution in [3.05, 3.63) is 29.8 Å². The Labute approximate surface area is 106 Å². The minimum atomic E-state index is -0.575. The Balaban J connectivity index is 2.04. The highest BCUT2D eigenvalue weighted by Crippen LogP contribution is 2.20. The molecule has 0 spiro atoms. The Morgan fingerprint density at radius 3 is 2.72 bits per heavy atom. The zero-order valence-electron chi connectivity index (χ0n) is 10.3. The summed E-state index contributed by atoms with van der Waals surface area (Å²) in [6.45, 7) is 1.61. The number of carbonyl (C=O) groups is 2. The van der Waals surface area contributed by atoms with E-state index in [1.807, 2.05) is 0 Å². The van der Waals surface area contributed by atoms with Gasteiger partial charge in [-0.15, -0.1) is 0 Å². The molecule has 1 aliphatic rings. The van der Waals surface area contributed by atoms with Gasteiger partial charge in [-0.05, 0) is 38.0 Å². The third-order valence-electron chi connectivity index (χ3n) is 2.72. The summed E-state index contributed by atoms with van der Waals surface area (Å²) < 4.78 is 0. The maximum Gasteiger partial charge on any atom is 0.251 e. The van der Waals surface area contributed by atoms with Crippen molar-refractivity contribution in [3.8, 4) is 0 Å². The van der Waals surface area contributed by atoms with Crippen LogP contribution in [0.15, 0.2) is 24.3 Å². The summed E-state index contributed by atoms with van der Waals surface area (Å²) >= 11 is 0. The topological polar surface area (TPSA) is 84.2 Å². The largest absolute Gasteiger partial charge is 0.349 e. The van der Waals surface area contributed by atoms with Crippen molar-refractivity contribution in [2.24, 2.45) is 5.73 Å². The molecule has 1 aromatic carbocycles. The van der Waals surface area contributed by atoms with Gasteiger partial charge in [-0.25, -0.2) is 0 Å². The fourth-order valence-electron chi connectivity index (χ4n) is 1.49. The minimum Gasteiger partial charge on any atom is -0.349 e. The van der Waals surface area contributed by atoms with Crippen molar-refractivity contribution < 1.29 is 9.59 Å². The third kappa shape index (κ3) is 3.30. The van der Waals surface area contributed by atoms with Crippen LogP contribution in [-0.2, 0) is 4.79 Å². The lowest BCUT2D eigenvalue weighted by atomic mass is 10.2. The molecule has 1 aliphatic carbocycles. The SMILES string of the molecule is C[C@H](N)C(=O)Nc1cccc(C(=O)NC2CC2)c1. The summed E-state index contributed by atoms with van der Waals surface area (Å²) in [4.78, 5) is 23.3. The Bertz CT molecular complexity index is 467. The van der Waals surface area contributed by atoms with Crippen LogP contribution in [0.3, 0.4) is 0 Å². The second-order valence-corrected chi connectivity index (χ2v) is 4.61. The van der Waals surface area contributed by atoms with E-state index in [0.717, 1.165) is 12.8 Å². The van der Waals surface area contributed by atoms with Gasteiger partial charge in [-0.3, -0.25) is 9.59 Å². The second-order valence-electron chi connectivity index (χ2n) is 4.61. The number of nitrogens with one attached hydrogen (secondary N) is 2. The minimum absolute atomic E-state index is 0.102. The average molecular weight is 247 g/mol. The summed E-state index contributed by atoms with van der Waals surface area (Å²) in [5.41, 5.74) is 6.59. The molecule has 5 nitrogen and oxygen atoms in total. The van der Waals surface area contributed by atoms with Crippen LogP contribution in [0.2, 0.25) is 0 Å². The smallest absolute Gasteiger partial charge is 0.251 e. The fourth-order valence-corrected chi connectivity index (χ4v) is 1.49. The fraction of sp³-hybridized carbons (Fsp3) is 0.385. The second kappa shape index (κ2) is 5.18. The summed E-state index contributed by atoms with van der Waals surface area (Å²) in [5.74, 6) is -0.371. The van der Waals surface area contributed by atoms with Crippen LogP contribution < -0.4 is 16.4 Å². The number of hydrogen-bond acceptors (Lipinski definition) is 3. The highest BCUT2D eigenvalue weighted by Gasteiger charge is 2.23. The molecule has 18 heavy (non-hydrogen) atoms.